The van der Waals surface area contributed by atoms with E-state index in [-0.39, 0.29) is 23.9 Å². The van der Waals surface area contributed by atoms with E-state index in [9.17, 15) is 18.0 Å². The van der Waals surface area contributed by atoms with Gasteiger partial charge in [0.1, 0.15) is 0 Å². The Bertz CT molecular complexity index is 727. The van der Waals surface area contributed by atoms with Gasteiger partial charge in [-0.15, -0.1) is 0 Å². The van der Waals surface area contributed by atoms with Crippen molar-refractivity contribution in [1.82, 2.24) is 5.32 Å². The van der Waals surface area contributed by atoms with Crippen LogP contribution < -0.4 is 11.1 Å². The highest BCUT2D eigenvalue weighted by atomic mass is 19.4. The van der Waals surface area contributed by atoms with E-state index in [2.05, 4.69) is 5.32 Å². The van der Waals surface area contributed by atoms with Crippen LogP contribution in [0.1, 0.15) is 25.0 Å². The summed E-state index contributed by atoms with van der Waals surface area (Å²) in [6.45, 7) is 3.59. The summed E-state index contributed by atoms with van der Waals surface area (Å²) in [6, 6.07) is 11.5. The molecule has 0 aliphatic carbocycles. The van der Waals surface area contributed by atoms with Crippen LogP contribution in [0.2, 0.25) is 0 Å². The van der Waals surface area contributed by atoms with Crippen LogP contribution in [0.5, 0.6) is 0 Å². The first-order chi connectivity index (χ1) is 11.7. The van der Waals surface area contributed by atoms with Gasteiger partial charge >= 0.3 is 6.18 Å². The first kappa shape index (κ1) is 19.0. The second kappa shape index (κ2) is 7.70. The summed E-state index contributed by atoms with van der Waals surface area (Å²) in [4.78, 5) is 11.9. The minimum absolute atomic E-state index is 0.0384. The smallest absolute Gasteiger partial charge is 0.353 e. The summed E-state index contributed by atoms with van der Waals surface area (Å²) in [5.41, 5.74) is 6.05. The largest absolute Gasteiger partial charge is 0.417 e. The molecule has 0 fully saturated rings. The number of carbonyl (C=O) groups is 1. The molecule has 0 aliphatic heterocycles. The van der Waals surface area contributed by atoms with E-state index in [1.807, 2.05) is 0 Å². The lowest BCUT2D eigenvalue weighted by atomic mass is 9.95. The number of halogens is 3. The van der Waals surface area contributed by atoms with Crippen molar-refractivity contribution in [2.45, 2.75) is 38.5 Å². The van der Waals surface area contributed by atoms with E-state index in [0.717, 1.165) is 6.07 Å². The first-order valence-electron chi connectivity index (χ1n) is 8.00. The van der Waals surface area contributed by atoms with Gasteiger partial charge < -0.3 is 11.1 Å². The highest BCUT2D eigenvalue weighted by molar-refractivity contribution is 5.82. The molecule has 0 saturated carbocycles. The van der Waals surface area contributed by atoms with Crippen molar-refractivity contribution in [3.8, 4) is 11.1 Å². The van der Waals surface area contributed by atoms with Crippen LogP contribution in [0, 0.1) is 0 Å². The van der Waals surface area contributed by atoms with Gasteiger partial charge in [-0.1, -0.05) is 42.5 Å². The average molecular weight is 350 g/mol. The fourth-order valence-electron chi connectivity index (χ4n) is 2.56. The normalized spacial score (nSPS) is 12.9. The average Bonchev–Trinajstić information content (AvgIpc) is 2.54. The van der Waals surface area contributed by atoms with Gasteiger partial charge in [-0.05, 0) is 43.0 Å². The van der Waals surface area contributed by atoms with Gasteiger partial charge in [0.2, 0.25) is 5.91 Å². The molecule has 2 rings (SSSR count). The molecule has 0 saturated heterocycles. The lowest BCUT2D eigenvalue weighted by molar-refractivity contribution is -0.137. The molecule has 3 nitrogen and oxygen atoms in total. The highest BCUT2D eigenvalue weighted by Gasteiger charge is 2.34. The van der Waals surface area contributed by atoms with Crippen LogP contribution in [0.4, 0.5) is 13.2 Å². The fraction of sp³-hybridized carbons (Fsp3) is 0.316. The minimum Gasteiger partial charge on any atom is -0.353 e. The van der Waals surface area contributed by atoms with Gasteiger partial charge in [0.25, 0.3) is 0 Å². The molecule has 0 spiro atoms. The number of alkyl halides is 3. The summed E-state index contributed by atoms with van der Waals surface area (Å²) >= 11 is 0. The lowest BCUT2D eigenvalue weighted by Crippen LogP contribution is -2.44. The van der Waals surface area contributed by atoms with E-state index in [4.69, 9.17) is 5.73 Å². The van der Waals surface area contributed by atoms with Gasteiger partial charge in [-0.2, -0.15) is 13.2 Å². The van der Waals surface area contributed by atoms with E-state index in [1.165, 1.54) is 6.07 Å². The summed E-state index contributed by atoms with van der Waals surface area (Å²) in [6.07, 6.45) is -4.46. The maximum absolute atomic E-state index is 13.5. The number of amides is 1. The van der Waals surface area contributed by atoms with E-state index < -0.39 is 17.8 Å². The van der Waals surface area contributed by atoms with Crippen molar-refractivity contribution < 1.29 is 18.0 Å². The molecule has 0 aliphatic rings. The van der Waals surface area contributed by atoms with Gasteiger partial charge in [0, 0.05) is 6.04 Å². The molecule has 134 valence electrons. The molecule has 6 heteroatoms. The molecule has 0 bridgehead atoms. The van der Waals surface area contributed by atoms with Crippen molar-refractivity contribution in [1.29, 1.82) is 0 Å². The Balaban J connectivity index is 2.32. The highest BCUT2D eigenvalue weighted by Crippen LogP contribution is 2.37. The number of nitrogens with two attached hydrogens (primary N) is 1. The number of benzene rings is 2. The number of carbonyl (C=O) groups excluding carboxylic acids is 1. The quantitative estimate of drug-likeness (QED) is 0.862. The van der Waals surface area contributed by atoms with Crippen molar-refractivity contribution in [3.63, 3.8) is 0 Å². The van der Waals surface area contributed by atoms with Crippen molar-refractivity contribution in [2.24, 2.45) is 5.73 Å². The summed E-state index contributed by atoms with van der Waals surface area (Å²) in [7, 11) is 0. The third kappa shape index (κ3) is 5.06. The predicted octanol–water partition coefficient (Wildman–Crippen LogP) is 3.77. The number of nitrogens with one attached hydrogen (secondary N) is 1. The Morgan fingerprint density at radius 1 is 1.12 bits per heavy atom. The van der Waals surface area contributed by atoms with Gasteiger partial charge in [0.15, 0.2) is 0 Å². The molecule has 2 aromatic carbocycles. The molecular weight excluding hydrogens is 329 g/mol. The van der Waals surface area contributed by atoms with Crippen LogP contribution in [0.25, 0.3) is 11.1 Å². The summed E-state index contributed by atoms with van der Waals surface area (Å²) < 4.78 is 40.4. The van der Waals surface area contributed by atoms with E-state index in [1.54, 1.807) is 50.2 Å². The molecule has 0 aromatic heterocycles. The molecule has 3 N–H and O–H groups in total. The van der Waals surface area contributed by atoms with Gasteiger partial charge in [0.05, 0.1) is 11.6 Å². The maximum Gasteiger partial charge on any atom is 0.417 e. The minimum atomic E-state index is -4.49. The Morgan fingerprint density at radius 3 is 2.32 bits per heavy atom. The maximum atomic E-state index is 13.5. The zero-order valence-electron chi connectivity index (χ0n) is 14.1. The topological polar surface area (TPSA) is 55.1 Å². The number of rotatable bonds is 5. The zero-order valence-corrected chi connectivity index (χ0v) is 14.1. The lowest BCUT2D eigenvalue weighted by Gasteiger charge is -2.17. The van der Waals surface area contributed by atoms with Crippen LogP contribution in [0.3, 0.4) is 0 Å². The third-order valence-corrected chi connectivity index (χ3v) is 3.70. The Labute approximate surface area is 145 Å². The van der Waals surface area contributed by atoms with Crippen molar-refractivity contribution >= 4 is 5.91 Å². The molecular formula is C19H21F3N2O. The first-order valence-corrected chi connectivity index (χ1v) is 8.00. The van der Waals surface area contributed by atoms with Crippen LogP contribution >= 0.6 is 0 Å². The van der Waals surface area contributed by atoms with Crippen LogP contribution in [-0.2, 0) is 17.4 Å². The van der Waals surface area contributed by atoms with Gasteiger partial charge in [-0.3, -0.25) is 4.79 Å². The summed E-state index contributed by atoms with van der Waals surface area (Å²) in [5, 5.41) is 2.66. The molecule has 25 heavy (non-hydrogen) atoms. The van der Waals surface area contributed by atoms with E-state index >= 15 is 0 Å². The molecule has 2 aromatic rings. The van der Waals surface area contributed by atoms with Crippen molar-refractivity contribution in [3.05, 3.63) is 59.7 Å². The second-order valence-electron chi connectivity index (χ2n) is 6.22. The SMILES string of the molecule is CC(C)NC(=O)[C@@H](N)Cc1ccc(-c2ccccc2)c(C(F)(F)F)c1. The number of hydrogen-bond acceptors (Lipinski definition) is 2. The molecule has 1 amide bonds. The van der Waals surface area contributed by atoms with E-state index in [0.29, 0.717) is 11.1 Å². The molecule has 0 unspecified atom stereocenters. The Kier molecular flexibility index (Phi) is 5.85. The Hall–Kier alpha value is -2.34. The zero-order chi connectivity index (χ0) is 18.6. The predicted molar refractivity (Wildman–Crippen MR) is 91.8 cm³/mol. The molecule has 1 atom stereocenters. The van der Waals surface area contributed by atoms with Gasteiger partial charge in [-0.25, -0.2) is 0 Å². The monoisotopic (exact) mass is 350 g/mol. The fourth-order valence-corrected chi connectivity index (χ4v) is 2.56. The van der Waals surface area contributed by atoms with Crippen LogP contribution in [0.15, 0.2) is 48.5 Å². The Morgan fingerprint density at radius 2 is 1.76 bits per heavy atom. The molecule has 0 radical (unpaired) electrons. The summed E-state index contributed by atoms with van der Waals surface area (Å²) in [5.74, 6) is -0.379. The second-order valence-corrected chi connectivity index (χ2v) is 6.22. The third-order valence-electron chi connectivity index (χ3n) is 3.70. The molecule has 0 heterocycles. The van der Waals surface area contributed by atoms with Crippen LogP contribution in [-0.4, -0.2) is 18.0 Å². The van der Waals surface area contributed by atoms with Crippen molar-refractivity contribution in [2.75, 3.05) is 0 Å². The number of hydrogen-bond donors (Lipinski definition) is 2. The standard InChI is InChI=1S/C19H21F3N2O/c1-12(2)24-18(25)17(23)11-13-8-9-15(14-6-4-3-5-7-14)16(10-13)19(20,21)22/h3-10,12,17H,11,23H2,1-2H3,(H,24,25)/t17-/m0/s1.